The van der Waals surface area contributed by atoms with Gasteiger partial charge in [0.1, 0.15) is 16.4 Å². The summed E-state index contributed by atoms with van der Waals surface area (Å²) in [5.74, 6) is 1.13. The van der Waals surface area contributed by atoms with Crippen molar-refractivity contribution in [2.24, 2.45) is 5.41 Å². The van der Waals surface area contributed by atoms with E-state index in [1.165, 1.54) is 0 Å². The van der Waals surface area contributed by atoms with Crippen LogP contribution in [0.25, 0.3) is 0 Å². The first-order valence-electron chi connectivity index (χ1n) is 7.50. The van der Waals surface area contributed by atoms with E-state index in [4.69, 9.17) is 4.42 Å². The molecular formula is C15H26N2O3S. The van der Waals surface area contributed by atoms with Gasteiger partial charge in [-0.15, -0.1) is 0 Å². The van der Waals surface area contributed by atoms with Gasteiger partial charge in [-0.2, -0.15) is 4.31 Å². The zero-order valence-corrected chi connectivity index (χ0v) is 14.2. The van der Waals surface area contributed by atoms with Gasteiger partial charge in [0.2, 0.25) is 10.0 Å². The molecule has 1 aromatic rings. The fourth-order valence-electron chi connectivity index (χ4n) is 2.82. The Bertz CT molecular complexity index is 590. The second-order valence-electron chi connectivity index (χ2n) is 6.59. The summed E-state index contributed by atoms with van der Waals surface area (Å²) in [7, 11) is -1.64. The van der Waals surface area contributed by atoms with Gasteiger partial charge < -0.3 is 9.73 Å². The van der Waals surface area contributed by atoms with Crippen LogP contribution in [0.15, 0.2) is 15.4 Å². The Morgan fingerprint density at radius 2 is 2.05 bits per heavy atom. The highest BCUT2D eigenvalue weighted by Gasteiger charge is 2.32. The molecule has 0 radical (unpaired) electrons. The molecule has 1 N–H and O–H groups in total. The second-order valence-corrected chi connectivity index (χ2v) is 8.49. The van der Waals surface area contributed by atoms with Crippen LogP contribution < -0.4 is 5.32 Å². The zero-order valence-electron chi connectivity index (χ0n) is 13.4. The first-order chi connectivity index (χ1) is 9.76. The van der Waals surface area contributed by atoms with E-state index < -0.39 is 10.0 Å². The summed E-state index contributed by atoms with van der Waals surface area (Å²) in [4.78, 5) is 0.312. The Labute approximate surface area is 127 Å². The maximum atomic E-state index is 12.8. The van der Waals surface area contributed by atoms with E-state index in [0.717, 1.165) is 19.3 Å². The molecule has 0 amide bonds. The standard InChI is InChI=1S/C15H26N2O3S/c1-12-14(10-13(20-12)11-16-4)21(18,19)17-8-5-6-15(2,3)7-9-17/h10,16H,5-9,11H2,1-4H3. The van der Waals surface area contributed by atoms with E-state index in [1.807, 2.05) is 7.05 Å². The quantitative estimate of drug-likeness (QED) is 0.927. The maximum absolute atomic E-state index is 12.8. The summed E-state index contributed by atoms with van der Waals surface area (Å²) in [6.07, 6.45) is 2.87. The average molecular weight is 314 g/mol. The SMILES string of the molecule is CNCc1cc(S(=O)(=O)N2CCCC(C)(C)CC2)c(C)o1. The Balaban J connectivity index is 2.25. The third kappa shape index (κ3) is 3.67. The minimum Gasteiger partial charge on any atom is -0.464 e. The first kappa shape index (κ1) is 16.5. The van der Waals surface area contributed by atoms with Crippen molar-refractivity contribution in [2.45, 2.75) is 51.5 Å². The molecule has 0 atom stereocenters. The molecule has 0 bridgehead atoms. The summed E-state index contributed by atoms with van der Waals surface area (Å²) in [5.41, 5.74) is 0.215. The van der Waals surface area contributed by atoms with E-state index >= 15 is 0 Å². The Hall–Kier alpha value is -0.850. The number of nitrogens with zero attached hydrogens (tertiary/aromatic N) is 1. The van der Waals surface area contributed by atoms with Crippen LogP contribution >= 0.6 is 0 Å². The van der Waals surface area contributed by atoms with Gasteiger partial charge in [-0.25, -0.2) is 8.42 Å². The van der Waals surface area contributed by atoms with Crippen LogP contribution in [-0.2, 0) is 16.6 Å². The molecule has 0 aromatic carbocycles. The smallest absolute Gasteiger partial charge is 0.246 e. The minimum absolute atomic E-state index is 0.215. The first-order valence-corrected chi connectivity index (χ1v) is 8.94. The van der Waals surface area contributed by atoms with Crippen LogP contribution in [0.5, 0.6) is 0 Å². The number of sulfonamides is 1. The fourth-order valence-corrected chi connectivity index (χ4v) is 4.48. The fraction of sp³-hybridized carbons (Fsp3) is 0.733. The van der Waals surface area contributed by atoms with Gasteiger partial charge in [-0.3, -0.25) is 0 Å². The van der Waals surface area contributed by atoms with E-state index in [1.54, 1.807) is 17.3 Å². The molecule has 1 aliphatic heterocycles. The van der Waals surface area contributed by atoms with Crippen molar-refractivity contribution in [3.63, 3.8) is 0 Å². The van der Waals surface area contributed by atoms with Crippen molar-refractivity contribution < 1.29 is 12.8 Å². The lowest BCUT2D eigenvalue weighted by atomic mass is 9.85. The molecule has 21 heavy (non-hydrogen) atoms. The molecule has 5 nitrogen and oxygen atoms in total. The molecule has 1 saturated heterocycles. The Morgan fingerprint density at radius 1 is 1.33 bits per heavy atom. The lowest BCUT2D eigenvalue weighted by Gasteiger charge is -2.22. The number of aryl methyl sites for hydroxylation is 1. The van der Waals surface area contributed by atoms with E-state index in [0.29, 0.717) is 36.1 Å². The van der Waals surface area contributed by atoms with Gasteiger partial charge in [-0.1, -0.05) is 13.8 Å². The van der Waals surface area contributed by atoms with Gasteiger partial charge in [0.15, 0.2) is 0 Å². The van der Waals surface area contributed by atoms with Crippen LogP contribution in [0, 0.1) is 12.3 Å². The highest BCUT2D eigenvalue weighted by molar-refractivity contribution is 7.89. The molecule has 0 aliphatic carbocycles. The van der Waals surface area contributed by atoms with Gasteiger partial charge in [0.25, 0.3) is 0 Å². The normalized spacial score (nSPS) is 20.4. The summed E-state index contributed by atoms with van der Waals surface area (Å²) >= 11 is 0. The largest absolute Gasteiger partial charge is 0.464 e. The van der Waals surface area contributed by atoms with Gasteiger partial charge in [0.05, 0.1) is 6.54 Å². The van der Waals surface area contributed by atoms with Crippen LogP contribution in [0.2, 0.25) is 0 Å². The van der Waals surface area contributed by atoms with Crippen LogP contribution in [0.3, 0.4) is 0 Å². The van der Waals surface area contributed by atoms with E-state index in [2.05, 4.69) is 19.2 Å². The summed E-state index contributed by atoms with van der Waals surface area (Å²) in [5, 5.41) is 2.97. The molecule has 0 spiro atoms. The predicted octanol–water partition coefficient (Wildman–Crippen LogP) is 2.51. The summed E-state index contributed by atoms with van der Waals surface area (Å²) < 4.78 is 32.8. The van der Waals surface area contributed by atoms with Gasteiger partial charge >= 0.3 is 0 Å². The average Bonchev–Trinajstić information content (AvgIpc) is 2.64. The Kier molecular flexibility index (Phi) is 4.80. The highest BCUT2D eigenvalue weighted by Crippen LogP contribution is 2.32. The zero-order chi connectivity index (χ0) is 15.7. The lowest BCUT2D eigenvalue weighted by molar-refractivity contribution is 0.314. The van der Waals surface area contributed by atoms with E-state index in [9.17, 15) is 8.42 Å². The summed E-state index contributed by atoms with van der Waals surface area (Å²) in [6.45, 7) is 7.84. The molecule has 1 fully saturated rings. The van der Waals surface area contributed by atoms with Crippen LogP contribution in [-0.4, -0.2) is 32.9 Å². The lowest BCUT2D eigenvalue weighted by Crippen LogP contribution is -2.32. The van der Waals surface area contributed by atoms with Crippen molar-refractivity contribution in [1.82, 2.24) is 9.62 Å². The minimum atomic E-state index is -3.45. The monoisotopic (exact) mass is 314 g/mol. The summed E-state index contributed by atoms with van der Waals surface area (Å²) in [6, 6.07) is 1.65. The topological polar surface area (TPSA) is 62.6 Å². The molecule has 6 heteroatoms. The number of hydrogen-bond acceptors (Lipinski definition) is 4. The van der Waals surface area contributed by atoms with Crippen LogP contribution in [0.4, 0.5) is 0 Å². The molecule has 120 valence electrons. The molecule has 2 rings (SSSR count). The third-order valence-electron chi connectivity index (χ3n) is 4.19. The second kappa shape index (κ2) is 6.10. The van der Waals surface area contributed by atoms with Crippen molar-refractivity contribution in [2.75, 3.05) is 20.1 Å². The van der Waals surface area contributed by atoms with Crippen molar-refractivity contribution >= 4 is 10.0 Å². The van der Waals surface area contributed by atoms with Crippen molar-refractivity contribution in [1.29, 1.82) is 0 Å². The number of furan rings is 1. The molecule has 0 saturated carbocycles. The van der Waals surface area contributed by atoms with Gasteiger partial charge in [-0.05, 0) is 38.6 Å². The van der Waals surface area contributed by atoms with E-state index in [-0.39, 0.29) is 5.41 Å². The number of rotatable bonds is 4. The highest BCUT2D eigenvalue weighted by atomic mass is 32.2. The molecule has 0 unspecified atom stereocenters. The number of hydrogen-bond donors (Lipinski definition) is 1. The van der Waals surface area contributed by atoms with Crippen molar-refractivity contribution in [3.8, 4) is 0 Å². The van der Waals surface area contributed by atoms with Crippen molar-refractivity contribution in [3.05, 3.63) is 17.6 Å². The molecule has 1 aliphatic rings. The van der Waals surface area contributed by atoms with Crippen LogP contribution in [0.1, 0.15) is 44.6 Å². The number of nitrogens with one attached hydrogen (secondary N) is 1. The van der Waals surface area contributed by atoms with Gasteiger partial charge in [0, 0.05) is 19.2 Å². The molecular weight excluding hydrogens is 288 g/mol. The predicted molar refractivity (Wildman–Crippen MR) is 82.6 cm³/mol. The molecule has 1 aromatic heterocycles. The molecule has 2 heterocycles. The maximum Gasteiger partial charge on any atom is 0.246 e. The Morgan fingerprint density at radius 3 is 2.71 bits per heavy atom. The third-order valence-corrected chi connectivity index (χ3v) is 6.20.